The minimum Gasteiger partial charge on any atom is -0.339 e. The van der Waals surface area contributed by atoms with Crippen molar-refractivity contribution in [2.24, 2.45) is 5.92 Å². The molecule has 1 saturated heterocycles. The molecule has 0 unspecified atom stereocenters. The van der Waals surface area contributed by atoms with Crippen LogP contribution in [0.25, 0.3) is 5.69 Å². The minimum absolute atomic E-state index is 0.0555. The lowest BCUT2D eigenvalue weighted by Crippen LogP contribution is -2.39. The number of piperidine rings is 1. The quantitative estimate of drug-likeness (QED) is 0.336. The number of tetrazole rings is 1. The fraction of sp³-hybridized carbons (Fsp3) is 0.259. The number of carbonyl (C=O) groups is 1. The molecule has 0 saturated carbocycles. The monoisotopic (exact) mass is 487 g/mol. The van der Waals surface area contributed by atoms with Gasteiger partial charge in [0.05, 0.1) is 17.0 Å². The van der Waals surface area contributed by atoms with E-state index >= 15 is 0 Å². The van der Waals surface area contributed by atoms with Crippen molar-refractivity contribution in [3.05, 3.63) is 102 Å². The summed E-state index contributed by atoms with van der Waals surface area (Å²) >= 11 is 1.56. The van der Waals surface area contributed by atoms with Crippen LogP contribution in [0.15, 0.2) is 83.8 Å². The zero-order chi connectivity index (χ0) is 24.0. The predicted octanol–water partition coefficient (Wildman–Crippen LogP) is 5.19. The third kappa shape index (κ3) is 5.59. The first kappa shape index (κ1) is 23.2. The molecule has 3 aromatic carbocycles. The van der Waals surface area contributed by atoms with E-state index in [2.05, 4.69) is 15.5 Å². The van der Waals surface area contributed by atoms with Gasteiger partial charge in [0.2, 0.25) is 0 Å². The van der Waals surface area contributed by atoms with E-state index < -0.39 is 0 Å². The second-order valence-corrected chi connectivity index (χ2v) is 9.71. The summed E-state index contributed by atoms with van der Waals surface area (Å²) in [4.78, 5) is 16.3. The van der Waals surface area contributed by atoms with Crippen molar-refractivity contribution >= 4 is 17.7 Å². The van der Waals surface area contributed by atoms with Crippen molar-refractivity contribution in [2.45, 2.75) is 29.9 Å². The highest BCUT2D eigenvalue weighted by Gasteiger charge is 2.25. The first-order chi connectivity index (χ1) is 17.2. The van der Waals surface area contributed by atoms with Gasteiger partial charge in [-0.15, -0.1) is 16.9 Å². The molecule has 5 rings (SSSR count). The second kappa shape index (κ2) is 10.8. The Hall–Kier alpha value is -3.52. The molecule has 178 valence electrons. The van der Waals surface area contributed by atoms with E-state index in [1.54, 1.807) is 28.6 Å². The number of amides is 1. The average molecular weight is 488 g/mol. The van der Waals surface area contributed by atoms with E-state index in [1.165, 1.54) is 6.07 Å². The van der Waals surface area contributed by atoms with E-state index in [9.17, 15) is 9.18 Å². The lowest BCUT2D eigenvalue weighted by molar-refractivity contribution is 0.0687. The van der Waals surface area contributed by atoms with Gasteiger partial charge in [0, 0.05) is 18.0 Å². The summed E-state index contributed by atoms with van der Waals surface area (Å²) in [6.45, 7) is 1.42. The molecule has 0 atom stereocenters. The predicted molar refractivity (Wildman–Crippen MR) is 134 cm³/mol. The lowest BCUT2D eigenvalue weighted by Gasteiger charge is -2.32. The Morgan fingerprint density at radius 2 is 1.74 bits per heavy atom. The molecular weight excluding hydrogens is 461 g/mol. The number of hydrogen-bond donors (Lipinski definition) is 0. The van der Waals surface area contributed by atoms with E-state index in [4.69, 9.17) is 0 Å². The number of hydrogen-bond acceptors (Lipinski definition) is 5. The van der Waals surface area contributed by atoms with Crippen LogP contribution in [0.2, 0.25) is 0 Å². The molecule has 35 heavy (non-hydrogen) atoms. The SMILES string of the molecule is O=C(c1ccccc1SCc1nnnn1-c1ccccc1)N1CCC(Cc2cccc(F)c2)CC1. The maximum Gasteiger partial charge on any atom is 0.254 e. The highest BCUT2D eigenvalue weighted by molar-refractivity contribution is 7.98. The van der Waals surface area contributed by atoms with E-state index in [1.807, 2.05) is 65.6 Å². The van der Waals surface area contributed by atoms with Gasteiger partial charge in [0.1, 0.15) is 5.82 Å². The summed E-state index contributed by atoms with van der Waals surface area (Å²) in [5.74, 6) is 1.59. The first-order valence-electron chi connectivity index (χ1n) is 11.8. The molecule has 1 aliphatic heterocycles. The fourth-order valence-electron chi connectivity index (χ4n) is 4.48. The van der Waals surface area contributed by atoms with Crippen LogP contribution in [0.1, 0.15) is 34.6 Å². The first-order valence-corrected chi connectivity index (χ1v) is 12.7. The maximum atomic E-state index is 13.5. The Kier molecular flexibility index (Phi) is 7.18. The van der Waals surface area contributed by atoms with E-state index in [0.29, 0.717) is 30.3 Å². The maximum absolute atomic E-state index is 13.5. The van der Waals surface area contributed by atoms with Crippen LogP contribution in [0.3, 0.4) is 0 Å². The smallest absolute Gasteiger partial charge is 0.254 e. The molecule has 0 spiro atoms. The van der Waals surface area contributed by atoms with Crippen LogP contribution < -0.4 is 0 Å². The third-order valence-corrected chi connectivity index (χ3v) is 7.39. The van der Waals surface area contributed by atoms with Crippen molar-refractivity contribution < 1.29 is 9.18 Å². The topological polar surface area (TPSA) is 63.9 Å². The number of likely N-dealkylation sites (tertiary alicyclic amines) is 1. The van der Waals surface area contributed by atoms with Crippen LogP contribution >= 0.6 is 11.8 Å². The molecule has 1 fully saturated rings. The molecule has 2 heterocycles. The lowest BCUT2D eigenvalue weighted by atomic mass is 9.90. The standard InChI is InChI=1S/C27H26FN5OS/c28-22-8-6-7-21(18-22)17-20-13-15-32(16-14-20)27(34)24-11-4-5-12-25(24)35-19-26-29-30-31-33(26)23-9-2-1-3-10-23/h1-12,18,20H,13-17,19H2. The molecule has 1 aliphatic rings. The van der Waals surface area contributed by atoms with Gasteiger partial charge in [0.25, 0.3) is 5.91 Å². The van der Waals surface area contributed by atoms with Gasteiger partial charge in [-0.05, 0) is 77.6 Å². The number of aromatic nitrogens is 4. The van der Waals surface area contributed by atoms with Gasteiger partial charge in [-0.2, -0.15) is 4.68 Å². The van der Waals surface area contributed by atoms with Crippen molar-refractivity contribution in [1.29, 1.82) is 0 Å². The molecular formula is C27H26FN5OS. The largest absolute Gasteiger partial charge is 0.339 e. The van der Waals surface area contributed by atoms with Gasteiger partial charge in [-0.1, -0.05) is 42.5 Å². The molecule has 0 aliphatic carbocycles. The summed E-state index contributed by atoms with van der Waals surface area (Å²) in [7, 11) is 0. The minimum atomic E-state index is -0.193. The molecule has 0 N–H and O–H groups in total. The summed E-state index contributed by atoms with van der Waals surface area (Å²) in [5.41, 5.74) is 2.63. The molecule has 6 nitrogen and oxygen atoms in total. The normalized spacial score (nSPS) is 14.3. The number of benzene rings is 3. The number of para-hydroxylation sites is 1. The van der Waals surface area contributed by atoms with Gasteiger partial charge in [-0.25, -0.2) is 4.39 Å². The van der Waals surface area contributed by atoms with Gasteiger partial charge >= 0.3 is 0 Å². The van der Waals surface area contributed by atoms with Crippen molar-refractivity contribution in [3.8, 4) is 5.69 Å². The molecule has 1 amide bonds. The molecule has 8 heteroatoms. The van der Waals surface area contributed by atoms with Crippen LogP contribution in [0.5, 0.6) is 0 Å². The Morgan fingerprint density at radius 1 is 0.971 bits per heavy atom. The molecule has 0 radical (unpaired) electrons. The number of carbonyl (C=O) groups excluding carboxylic acids is 1. The summed E-state index contributed by atoms with van der Waals surface area (Å²) in [6, 6.07) is 24.3. The van der Waals surface area contributed by atoms with Gasteiger partial charge in [0.15, 0.2) is 5.82 Å². The second-order valence-electron chi connectivity index (χ2n) is 8.70. The highest BCUT2D eigenvalue weighted by Crippen LogP contribution is 2.29. The zero-order valence-electron chi connectivity index (χ0n) is 19.3. The van der Waals surface area contributed by atoms with E-state index in [0.717, 1.165) is 41.2 Å². The molecule has 4 aromatic rings. The summed E-state index contributed by atoms with van der Waals surface area (Å²) in [5, 5.41) is 12.1. The number of nitrogens with zero attached hydrogens (tertiary/aromatic N) is 5. The number of thioether (sulfide) groups is 1. The Labute approximate surface area is 208 Å². The molecule has 0 bridgehead atoms. The average Bonchev–Trinajstić information content (AvgIpc) is 3.37. The van der Waals surface area contributed by atoms with Gasteiger partial charge < -0.3 is 4.90 Å². The number of halogens is 1. The highest BCUT2D eigenvalue weighted by atomic mass is 32.2. The van der Waals surface area contributed by atoms with Crippen molar-refractivity contribution in [1.82, 2.24) is 25.1 Å². The van der Waals surface area contributed by atoms with Gasteiger partial charge in [-0.3, -0.25) is 4.79 Å². The van der Waals surface area contributed by atoms with E-state index in [-0.39, 0.29) is 11.7 Å². The van der Waals surface area contributed by atoms with Crippen LogP contribution in [-0.2, 0) is 12.2 Å². The Morgan fingerprint density at radius 3 is 2.54 bits per heavy atom. The van der Waals surface area contributed by atoms with Crippen LogP contribution in [-0.4, -0.2) is 44.1 Å². The van der Waals surface area contributed by atoms with Crippen molar-refractivity contribution in [3.63, 3.8) is 0 Å². The molecule has 1 aromatic heterocycles. The van der Waals surface area contributed by atoms with Crippen molar-refractivity contribution in [2.75, 3.05) is 13.1 Å². The van der Waals surface area contributed by atoms with Crippen LogP contribution in [0.4, 0.5) is 4.39 Å². The zero-order valence-corrected chi connectivity index (χ0v) is 20.1. The Balaban J connectivity index is 1.22. The van der Waals surface area contributed by atoms with Crippen LogP contribution in [0, 0.1) is 11.7 Å². The third-order valence-electron chi connectivity index (χ3n) is 6.32. The number of rotatable bonds is 7. The summed E-state index contributed by atoms with van der Waals surface area (Å²) < 4.78 is 15.2. The Bertz CT molecular complexity index is 1290. The summed E-state index contributed by atoms with van der Waals surface area (Å²) in [6.07, 6.45) is 2.69. The fourth-order valence-corrected chi connectivity index (χ4v) is 5.44.